The summed E-state index contributed by atoms with van der Waals surface area (Å²) in [5.41, 5.74) is 8.86. The van der Waals surface area contributed by atoms with Gasteiger partial charge in [0, 0.05) is 23.3 Å². The van der Waals surface area contributed by atoms with Crippen molar-refractivity contribution in [2.45, 2.75) is 32.6 Å². The Morgan fingerprint density at radius 3 is 2.46 bits per heavy atom. The molecule has 6 rings (SSSR count). The molecule has 3 aromatic carbocycles. The van der Waals surface area contributed by atoms with E-state index >= 15 is 0 Å². The number of benzene rings is 3. The molecule has 1 aliphatic rings. The van der Waals surface area contributed by atoms with E-state index in [1.165, 1.54) is 48.9 Å². The minimum absolute atomic E-state index is 0.116. The Balaban J connectivity index is 0.000000192. The van der Waals surface area contributed by atoms with Gasteiger partial charge in [0.05, 0.1) is 33.4 Å². The molecule has 0 bridgehead atoms. The molecule has 0 unspecified atom stereocenters. The fourth-order valence-corrected chi connectivity index (χ4v) is 4.86. The quantitative estimate of drug-likeness (QED) is 0.208. The lowest BCUT2D eigenvalue weighted by Gasteiger charge is -2.08. The molecule has 1 aliphatic carbocycles. The van der Waals surface area contributed by atoms with Crippen LogP contribution >= 0.6 is 22.9 Å². The first-order chi connectivity index (χ1) is 19.1. The third kappa shape index (κ3) is 7.50. The number of hydrogen-bond donors (Lipinski definition) is 2. The highest BCUT2D eigenvalue weighted by molar-refractivity contribution is 7.22. The number of rotatable bonds is 5. The van der Waals surface area contributed by atoms with Gasteiger partial charge in [-0.3, -0.25) is 9.78 Å². The zero-order valence-corrected chi connectivity index (χ0v) is 23.9. The molecular weight excluding hydrogens is 535 g/mol. The normalized spacial score (nSPS) is 11.8. The number of aldehydes is 1. The summed E-state index contributed by atoms with van der Waals surface area (Å²) in [4.78, 5) is 19.8. The summed E-state index contributed by atoms with van der Waals surface area (Å²) in [5.74, 6) is 0.795. The van der Waals surface area contributed by atoms with E-state index in [0.29, 0.717) is 22.9 Å². The molecule has 0 aliphatic heterocycles. The van der Waals surface area contributed by atoms with E-state index in [0.717, 1.165) is 32.5 Å². The number of fused-ring (bicyclic) bond motifs is 2. The number of aromatic nitrogens is 2. The fourth-order valence-electron chi connectivity index (χ4n) is 3.85. The molecule has 6 nitrogen and oxygen atoms in total. The van der Waals surface area contributed by atoms with Gasteiger partial charge in [-0.05, 0) is 73.8 Å². The summed E-state index contributed by atoms with van der Waals surface area (Å²) in [6.45, 7) is 4.00. The van der Waals surface area contributed by atoms with Crippen LogP contribution in [0.25, 0.3) is 21.1 Å². The van der Waals surface area contributed by atoms with Gasteiger partial charge >= 0.3 is 0 Å². The van der Waals surface area contributed by atoms with Crippen molar-refractivity contribution in [1.29, 1.82) is 0 Å². The van der Waals surface area contributed by atoms with Crippen LogP contribution < -0.4 is 15.8 Å². The van der Waals surface area contributed by atoms with Crippen LogP contribution in [0.2, 0.25) is 5.02 Å². The number of methoxy groups -OCH3 is 1. The molecule has 0 saturated heterocycles. The molecular formula is C30H32ClFN4O2S. The van der Waals surface area contributed by atoms with Crippen LogP contribution in [-0.2, 0) is 0 Å². The largest absolute Gasteiger partial charge is 0.496 e. The van der Waals surface area contributed by atoms with E-state index in [2.05, 4.69) is 27.1 Å². The van der Waals surface area contributed by atoms with Crippen molar-refractivity contribution in [2.75, 3.05) is 19.5 Å². The van der Waals surface area contributed by atoms with Gasteiger partial charge in [0.1, 0.15) is 11.6 Å². The van der Waals surface area contributed by atoms with E-state index in [4.69, 9.17) is 16.3 Å². The monoisotopic (exact) mass is 566 g/mol. The number of ether oxygens (including phenoxy) is 1. The van der Waals surface area contributed by atoms with E-state index < -0.39 is 5.82 Å². The Bertz CT molecular complexity index is 1510. The summed E-state index contributed by atoms with van der Waals surface area (Å²) in [7, 11) is 3.07. The van der Waals surface area contributed by atoms with Crippen LogP contribution in [0, 0.1) is 5.82 Å². The summed E-state index contributed by atoms with van der Waals surface area (Å²) in [6.07, 6.45) is 5.14. The molecule has 0 amide bonds. The number of nitrogens with two attached hydrogens (primary N) is 1. The molecule has 5 aromatic rings. The molecule has 0 atom stereocenters. The lowest BCUT2D eigenvalue weighted by molar-refractivity contribution is 0.112. The summed E-state index contributed by atoms with van der Waals surface area (Å²) >= 11 is 7.16. The Hall–Kier alpha value is -3.59. The zero-order chi connectivity index (χ0) is 28.4. The Morgan fingerprint density at radius 1 is 1.08 bits per heavy atom. The van der Waals surface area contributed by atoms with Gasteiger partial charge in [-0.1, -0.05) is 48.9 Å². The van der Waals surface area contributed by atoms with Crippen molar-refractivity contribution in [3.63, 3.8) is 0 Å². The van der Waals surface area contributed by atoms with Crippen molar-refractivity contribution < 1.29 is 13.9 Å². The maximum atomic E-state index is 13.3. The van der Waals surface area contributed by atoms with Crippen molar-refractivity contribution >= 4 is 61.2 Å². The third-order valence-electron chi connectivity index (χ3n) is 5.74. The number of carbonyl (C=O) groups excluding carboxylic acids is 1. The van der Waals surface area contributed by atoms with Crippen LogP contribution in [-0.4, -0.2) is 30.4 Å². The van der Waals surface area contributed by atoms with E-state index in [-0.39, 0.29) is 5.02 Å². The molecule has 1 saturated carbocycles. The van der Waals surface area contributed by atoms with Gasteiger partial charge in [0.2, 0.25) is 0 Å². The molecule has 2 aromatic heterocycles. The van der Waals surface area contributed by atoms with Crippen LogP contribution in [0.4, 0.5) is 15.2 Å². The van der Waals surface area contributed by atoms with E-state index in [1.54, 1.807) is 13.2 Å². The highest BCUT2D eigenvalue weighted by Gasteiger charge is 2.25. The SMILES string of the molecule is CC.CN.COc1cc2nccc(C3CC3)c2cc1C=O.Fc1cc(Nc2nc3ccccc3s2)ccc1Cl. The molecule has 0 radical (unpaired) electrons. The van der Waals surface area contributed by atoms with Gasteiger partial charge in [-0.25, -0.2) is 9.37 Å². The molecule has 0 spiro atoms. The maximum absolute atomic E-state index is 13.3. The standard InChI is InChI=1S/C14H13NO2.C13H8ClFN2S.C2H6.CH5N/c1-17-14-7-13-12(6-10(14)8-16)11(4-5-15-13)9-2-3-9;14-9-6-5-8(7-10(9)15)16-13-17-11-3-1-2-4-12(11)18-13;2*1-2/h4-9H,2-3H2,1H3;1-7H,(H,16,17);1-2H3;2H2,1H3. The first-order valence-corrected chi connectivity index (χ1v) is 13.8. The highest BCUT2D eigenvalue weighted by atomic mass is 35.5. The highest BCUT2D eigenvalue weighted by Crippen LogP contribution is 2.43. The summed E-state index contributed by atoms with van der Waals surface area (Å²) < 4.78 is 19.6. The summed E-state index contributed by atoms with van der Waals surface area (Å²) in [5, 5.41) is 5.00. The van der Waals surface area contributed by atoms with Gasteiger partial charge in [-0.2, -0.15) is 0 Å². The number of nitrogens with zero attached hydrogens (tertiary/aromatic N) is 2. The number of halogens is 2. The smallest absolute Gasteiger partial charge is 0.188 e. The van der Waals surface area contributed by atoms with Gasteiger partial charge in [-0.15, -0.1) is 0 Å². The van der Waals surface area contributed by atoms with Gasteiger partial charge < -0.3 is 15.8 Å². The first kappa shape index (κ1) is 30.0. The van der Waals surface area contributed by atoms with Crippen molar-refractivity contribution in [3.05, 3.63) is 88.8 Å². The maximum Gasteiger partial charge on any atom is 0.188 e. The predicted molar refractivity (Wildman–Crippen MR) is 161 cm³/mol. The number of hydrogen-bond acceptors (Lipinski definition) is 7. The molecule has 3 N–H and O–H groups in total. The lowest BCUT2D eigenvalue weighted by atomic mass is 10.0. The average Bonchev–Trinajstić information content (AvgIpc) is 3.75. The number of nitrogens with one attached hydrogen (secondary N) is 1. The number of carbonyl (C=O) groups is 1. The predicted octanol–water partition coefficient (Wildman–Crippen LogP) is 8.37. The van der Waals surface area contributed by atoms with Crippen molar-refractivity contribution in [3.8, 4) is 5.75 Å². The Kier molecular flexibility index (Phi) is 11.2. The van der Waals surface area contributed by atoms with Crippen LogP contribution in [0.5, 0.6) is 5.75 Å². The van der Waals surface area contributed by atoms with Crippen LogP contribution in [0.3, 0.4) is 0 Å². The minimum atomic E-state index is -0.442. The Labute approximate surface area is 237 Å². The average molecular weight is 567 g/mol. The lowest BCUT2D eigenvalue weighted by Crippen LogP contribution is -1.94. The van der Waals surface area contributed by atoms with E-state index in [9.17, 15) is 9.18 Å². The molecule has 1 fully saturated rings. The number of pyridine rings is 1. The summed E-state index contributed by atoms with van der Waals surface area (Å²) in [6, 6.07) is 18.2. The number of anilines is 2. The zero-order valence-electron chi connectivity index (χ0n) is 22.4. The molecule has 2 heterocycles. The Morgan fingerprint density at radius 2 is 1.82 bits per heavy atom. The third-order valence-corrected chi connectivity index (χ3v) is 6.99. The van der Waals surface area contributed by atoms with Gasteiger partial charge in [0.25, 0.3) is 0 Å². The van der Waals surface area contributed by atoms with Crippen molar-refractivity contribution in [2.24, 2.45) is 5.73 Å². The number of thiazole rings is 1. The van der Waals surface area contributed by atoms with Crippen LogP contribution in [0.1, 0.15) is 48.5 Å². The number of para-hydroxylation sites is 1. The second-order valence-corrected chi connectivity index (χ2v) is 9.58. The second-order valence-electron chi connectivity index (χ2n) is 8.14. The second kappa shape index (κ2) is 14.5. The topological polar surface area (TPSA) is 90.1 Å². The van der Waals surface area contributed by atoms with E-state index in [1.807, 2.05) is 56.4 Å². The van der Waals surface area contributed by atoms with Crippen LogP contribution in [0.15, 0.2) is 66.9 Å². The van der Waals surface area contributed by atoms with Crippen molar-refractivity contribution in [1.82, 2.24) is 9.97 Å². The molecule has 204 valence electrons. The molecule has 39 heavy (non-hydrogen) atoms. The minimum Gasteiger partial charge on any atom is -0.496 e. The first-order valence-electron chi connectivity index (χ1n) is 12.6. The molecule has 9 heteroatoms. The fraction of sp³-hybridized carbons (Fsp3) is 0.233. The van der Waals surface area contributed by atoms with Gasteiger partial charge in [0.15, 0.2) is 11.4 Å².